The fraction of sp³-hybridized carbons (Fsp3) is 0.400. The van der Waals surface area contributed by atoms with Crippen LogP contribution < -0.4 is 31.9 Å². The second kappa shape index (κ2) is 15.9. The molecule has 43 heavy (non-hydrogen) atoms. The zero-order valence-corrected chi connectivity index (χ0v) is 24.1. The molecule has 1 fully saturated rings. The fourth-order valence-corrected chi connectivity index (χ4v) is 4.42. The van der Waals surface area contributed by atoms with Gasteiger partial charge in [-0.25, -0.2) is 0 Å². The Labute approximate surface area is 249 Å². The maximum Gasteiger partial charge on any atom is 0.243 e. The van der Waals surface area contributed by atoms with Gasteiger partial charge in [0.1, 0.15) is 23.9 Å². The highest BCUT2D eigenvalue weighted by Crippen LogP contribution is 2.12. The zero-order valence-electron chi connectivity index (χ0n) is 24.1. The van der Waals surface area contributed by atoms with Crippen LogP contribution in [0.25, 0.3) is 0 Å². The van der Waals surface area contributed by atoms with Crippen molar-refractivity contribution in [2.45, 2.75) is 51.2 Å². The van der Waals surface area contributed by atoms with Crippen LogP contribution in [0.5, 0.6) is 5.75 Å². The van der Waals surface area contributed by atoms with Gasteiger partial charge < -0.3 is 37.0 Å². The van der Waals surface area contributed by atoms with Crippen molar-refractivity contribution in [1.29, 1.82) is 0 Å². The molecule has 1 heterocycles. The van der Waals surface area contributed by atoms with E-state index in [4.69, 9.17) is 0 Å². The lowest BCUT2D eigenvalue weighted by Gasteiger charge is -2.24. The maximum absolute atomic E-state index is 13.5. The predicted molar refractivity (Wildman–Crippen MR) is 156 cm³/mol. The maximum atomic E-state index is 13.5. The summed E-state index contributed by atoms with van der Waals surface area (Å²) in [4.78, 5) is 77.4. The molecule has 2 aromatic carbocycles. The summed E-state index contributed by atoms with van der Waals surface area (Å²) < 4.78 is 0. The molecule has 230 valence electrons. The Morgan fingerprint density at radius 1 is 0.605 bits per heavy atom. The van der Waals surface area contributed by atoms with Crippen molar-refractivity contribution in [2.75, 3.05) is 19.6 Å². The van der Waals surface area contributed by atoms with E-state index in [-0.39, 0.29) is 30.9 Å². The number of carbonyl (C=O) groups excluding carboxylic acids is 6. The SMILES string of the molecule is CC(C)C[C@@H]1NC(=O)CNC(=O)CNC(=O)[C@H](Cc2ccc(O)cc2)NC(=O)[C@H](Cc2ccccc2)NC(=O)CNC1=O. The van der Waals surface area contributed by atoms with Gasteiger partial charge in [0, 0.05) is 12.8 Å². The number of phenolic OH excluding ortho intramolecular Hbond substituents is 1. The Balaban J connectivity index is 1.87. The standard InChI is InChI=1S/C30H38N6O7/c1-18(2)12-22-28(41)33-17-27(40)35-24(13-19-6-4-3-5-7-19)30(43)36-23(14-20-8-10-21(37)11-9-20)29(42)32-15-25(38)31-16-26(39)34-22/h3-11,18,22-24,37H,12-17H2,1-2H3,(H,31,38)(H,32,42)(H,33,41)(H,34,39)(H,35,40)(H,36,43)/t22-,23-,24-/m0/s1. The molecule has 0 spiro atoms. The number of rotatable bonds is 6. The van der Waals surface area contributed by atoms with E-state index in [1.54, 1.807) is 36.4 Å². The molecular weight excluding hydrogens is 556 g/mol. The van der Waals surface area contributed by atoms with Crippen LogP contribution in [0.2, 0.25) is 0 Å². The van der Waals surface area contributed by atoms with Gasteiger partial charge in [-0.1, -0.05) is 56.3 Å². The topological polar surface area (TPSA) is 195 Å². The van der Waals surface area contributed by atoms with Gasteiger partial charge in [0.25, 0.3) is 0 Å². The summed E-state index contributed by atoms with van der Waals surface area (Å²) in [6, 6.07) is 11.8. The average molecular weight is 595 g/mol. The number of hydrogen-bond acceptors (Lipinski definition) is 7. The van der Waals surface area contributed by atoms with E-state index in [9.17, 15) is 33.9 Å². The van der Waals surface area contributed by atoms with Crippen molar-refractivity contribution in [3.63, 3.8) is 0 Å². The number of amides is 6. The number of carbonyl (C=O) groups is 6. The van der Waals surface area contributed by atoms with Crippen molar-refractivity contribution >= 4 is 35.4 Å². The summed E-state index contributed by atoms with van der Waals surface area (Å²) in [5.74, 6) is -3.78. The van der Waals surface area contributed by atoms with Gasteiger partial charge in [0.05, 0.1) is 19.6 Å². The first-order chi connectivity index (χ1) is 20.5. The Kier molecular flexibility index (Phi) is 12.0. The average Bonchev–Trinajstić information content (AvgIpc) is 2.97. The van der Waals surface area contributed by atoms with Crippen LogP contribution in [0.15, 0.2) is 54.6 Å². The van der Waals surface area contributed by atoms with Crippen LogP contribution >= 0.6 is 0 Å². The molecule has 1 aliphatic rings. The van der Waals surface area contributed by atoms with Crippen LogP contribution in [0.1, 0.15) is 31.4 Å². The minimum Gasteiger partial charge on any atom is -0.508 e. The van der Waals surface area contributed by atoms with E-state index in [2.05, 4.69) is 31.9 Å². The third-order valence-corrected chi connectivity index (χ3v) is 6.59. The van der Waals surface area contributed by atoms with Gasteiger partial charge in [0.15, 0.2) is 0 Å². The first-order valence-electron chi connectivity index (χ1n) is 14.0. The number of hydrogen-bond donors (Lipinski definition) is 7. The highest BCUT2D eigenvalue weighted by atomic mass is 16.3. The Bertz CT molecular complexity index is 1300. The van der Waals surface area contributed by atoms with E-state index in [1.807, 2.05) is 19.9 Å². The first kappa shape index (κ1) is 32.6. The van der Waals surface area contributed by atoms with Gasteiger partial charge in [0.2, 0.25) is 35.4 Å². The van der Waals surface area contributed by atoms with Crippen LogP contribution in [-0.2, 0) is 41.6 Å². The molecule has 0 saturated carbocycles. The second-order valence-corrected chi connectivity index (χ2v) is 10.7. The second-order valence-electron chi connectivity index (χ2n) is 10.7. The smallest absolute Gasteiger partial charge is 0.243 e. The molecule has 7 N–H and O–H groups in total. The molecule has 13 heteroatoms. The number of aromatic hydroxyl groups is 1. The highest BCUT2D eigenvalue weighted by Gasteiger charge is 2.29. The van der Waals surface area contributed by atoms with Crippen molar-refractivity contribution < 1.29 is 33.9 Å². The summed E-state index contributed by atoms with van der Waals surface area (Å²) >= 11 is 0. The molecule has 1 aliphatic heterocycles. The van der Waals surface area contributed by atoms with E-state index in [1.165, 1.54) is 12.1 Å². The van der Waals surface area contributed by atoms with E-state index in [0.29, 0.717) is 5.56 Å². The van der Waals surface area contributed by atoms with Crippen molar-refractivity contribution in [1.82, 2.24) is 31.9 Å². The van der Waals surface area contributed by atoms with Gasteiger partial charge >= 0.3 is 0 Å². The van der Waals surface area contributed by atoms with Gasteiger partial charge in [-0.2, -0.15) is 0 Å². The molecule has 0 aliphatic carbocycles. The van der Waals surface area contributed by atoms with Crippen molar-refractivity contribution in [3.8, 4) is 5.75 Å². The number of nitrogens with one attached hydrogen (secondary N) is 6. The van der Waals surface area contributed by atoms with Crippen LogP contribution in [-0.4, -0.2) is 78.3 Å². The van der Waals surface area contributed by atoms with Crippen LogP contribution in [0.3, 0.4) is 0 Å². The largest absolute Gasteiger partial charge is 0.508 e. The zero-order chi connectivity index (χ0) is 31.4. The molecule has 1 saturated heterocycles. The summed E-state index contributed by atoms with van der Waals surface area (Å²) in [5.41, 5.74) is 1.36. The van der Waals surface area contributed by atoms with Crippen molar-refractivity contribution in [3.05, 3.63) is 65.7 Å². The molecule has 3 rings (SSSR count). The van der Waals surface area contributed by atoms with Gasteiger partial charge in [-0.05, 0) is 35.6 Å². The molecule has 0 unspecified atom stereocenters. The molecule has 13 nitrogen and oxygen atoms in total. The third kappa shape index (κ3) is 11.1. The van der Waals surface area contributed by atoms with E-state index in [0.717, 1.165) is 5.56 Å². The number of benzene rings is 2. The quantitative estimate of drug-likeness (QED) is 0.224. The van der Waals surface area contributed by atoms with E-state index < -0.39 is 73.2 Å². The minimum absolute atomic E-state index is 0.0151. The molecule has 0 bridgehead atoms. The summed E-state index contributed by atoms with van der Waals surface area (Å²) in [7, 11) is 0. The third-order valence-electron chi connectivity index (χ3n) is 6.59. The molecule has 6 amide bonds. The van der Waals surface area contributed by atoms with Gasteiger partial charge in [-0.3, -0.25) is 28.8 Å². The summed E-state index contributed by atoms with van der Waals surface area (Å²) in [6.07, 6.45) is 0.389. The Morgan fingerprint density at radius 3 is 1.70 bits per heavy atom. The van der Waals surface area contributed by atoms with Crippen molar-refractivity contribution in [2.24, 2.45) is 5.92 Å². The van der Waals surface area contributed by atoms with E-state index >= 15 is 0 Å². The predicted octanol–water partition coefficient (Wildman–Crippen LogP) is -0.960. The van der Waals surface area contributed by atoms with Crippen LogP contribution in [0.4, 0.5) is 0 Å². The normalized spacial score (nSPS) is 21.3. The molecular formula is C30H38N6O7. The Morgan fingerprint density at radius 2 is 1.09 bits per heavy atom. The molecule has 0 aromatic heterocycles. The lowest BCUT2D eigenvalue weighted by molar-refractivity contribution is -0.134. The lowest BCUT2D eigenvalue weighted by Crippen LogP contribution is -2.57. The molecule has 3 atom stereocenters. The Hall–Kier alpha value is -4.94. The minimum atomic E-state index is -1.15. The number of phenols is 1. The highest BCUT2D eigenvalue weighted by molar-refractivity contribution is 5.96. The first-order valence-corrected chi connectivity index (χ1v) is 14.0. The van der Waals surface area contributed by atoms with Crippen LogP contribution in [0, 0.1) is 5.92 Å². The molecule has 2 aromatic rings. The van der Waals surface area contributed by atoms with Gasteiger partial charge in [-0.15, -0.1) is 0 Å². The fourth-order valence-electron chi connectivity index (χ4n) is 4.42. The lowest BCUT2D eigenvalue weighted by atomic mass is 10.0. The monoisotopic (exact) mass is 594 g/mol. The molecule has 0 radical (unpaired) electrons. The summed E-state index contributed by atoms with van der Waals surface area (Å²) in [5, 5.41) is 24.9. The summed E-state index contributed by atoms with van der Waals surface area (Å²) in [6.45, 7) is 2.35.